The molecular formula is C14H23NO6. The number of carbonyl (C=O) groups is 3. The summed E-state index contributed by atoms with van der Waals surface area (Å²) in [5.74, 6) is -3.23. The lowest BCUT2D eigenvalue weighted by molar-refractivity contribution is -0.145. The molecule has 1 amide bonds. The van der Waals surface area contributed by atoms with Crippen molar-refractivity contribution >= 4 is 18.0 Å². The lowest BCUT2D eigenvalue weighted by Crippen LogP contribution is -2.37. The van der Waals surface area contributed by atoms with Gasteiger partial charge in [0, 0.05) is 19.5 Å². The van der Waals surface area contributed by atoms with E-state index in [2.05, 4.69) is 0 Å². The first-order valence-electron chi connectivity index (χ1n) is 7.02. The largest absolute Gasteiger partial charge is 0.481 e. The number of likely N-dealkylation sites (tertiary alicyclic amines) is 1. The topological polar surface area (TPSA) is 104 Å². The highest BCUT2D eigenvalue weighted by atomic mass is 16.6. The van der Waals surface area contributed by atoms with Gasteiger partial charge in [-0.05, 0) is 39.5 Å². The van der Waals surface area contributed by atoms with Crippen LogP contribution in [-0.2, 0) is 14.3 Å². The van der Waals surface area contributed by atoms with Crippen LogP contribution in [0.3, 0.4) is 0 Å². The van der Waals surface area contributed by atoms with E-state index in [-0.39, 0.29) is 19.4 Å². The Bertz CT molecular complexity index is 414. The van der Waals surface area contributed by atoms with Crippen molar-refractivity contribution in [1.82, 2.24) is 4.90 Å². The average Bonchev–Trinajstić information content (AvgIpc) is 2.48. The monoisotopic (exact) mass is 301 g/mol. The number of hydrogen-bond donors (Lipinski definition) is 2. The Balaban J connectivity index is 2.74. The second-order valence-electron chi connectivity index (χ2n) is 6.35. The van der Waals surface area contributed by atoms with E-state index in [1.807, 2.05) is 0 Å². The number of carboxylic acids is 2. The SMILES string of the molecule is CC(C)(C)OC(=O)N1CC[C@@H](CC(=O)O)[C@H](C(=O)O)CC1. The van der Waals surface area contributed by atoms with Gasteiger partial charge in [0.15, 0.2) is 0 Å². The van der Waals surface area contributed by atoms with Crippen LogP contribution in [0.2, 0.25) is 0 Å². The van der Waals surface area contributed by atoms with Gasteiger partial charge in [0.05, 0.1) is 5.92 Å². The normalized spacial score (nSPS) is 23.3. The fourth-order valence-corrected chi connectivity index (χ4v) is 2.47. The maximum Gasteiger partial charge on any atom is 0.410 e. The molecule has 0 aromatic rings. The van der Waals surface area contributed by atoms with E-state index >= 15 is 0 Å². The fourth-order valence-electron chi connectivity index (χ4n) is 2.47. The van der Waals surface area contributed by atoms with Crippen LogP contribution in [-0.4, -0.2) is 51.8 Å². The molecule has 1 aliphatic rings. The highest BCUT2D eigenvalue weighted by Gasteiger charge is 2.35. The van der Waals surface area contributed by atoms with E-state index < -0.39 is 35.5 Å². The Morgan fingerprint density at radius 3 is 2.19 bits per heavy atom. The summed E-state index contributed by atoms with van der Waals surface area (Å²) in [5, 5.41) is 18.1. The summed E-state index contributed by atoms with van der Waals surface area (Å²) in [6.07, 6.45) is -0.0867. The van der Waals surface area contributed by atoms with Gasteiger partial charge in [0.1, 0.15) is 5.60 Å². The van der Waals surface area contributed by atoms with E-state index in [4.69, 9.17) is 9.84 Å². The molecule has 7 nitrogen and oxygen atoms in total. The lowest BCUT2D eigenvalue weighted by Gasteiger charge is -2.26. The third-order valence-corrected chi connectivity index (χ3v) is 3.45. The number of ether oxygens (including phenoxy) is 1. The van der Waals surface area contributed by atoms with Crippen LogP contribution in [0.25, 0.3) is 0 Å². The third kappa shape index (κ3) is 5.61. The summed E-state index contributed by atoms with van der Waals surface area (Å²) in [6.45, 7) is 5.86. The molecule has 1 saturated heterocycles. The molecule has 21 heavy (non-hydrogen) atoms. The van der Waals surface area contributed by atoms with Gasteiger partial charge < -0.3 is 19.8 Å². The zero-order valence-corrected chi connectivity index (χ0v) is 12.7. The predicted octanol–water partition coefficient (Wildman–Crippen LogP) is 1.81. The Labute approximate surface area is 123 Å². The summed E-state index contributed by atoms with van der Waals surface area (Å²) in [4.78, 5) is 35.6. The molecule has 0 saturated carbocycles. The van der Waals surface area contributed by atoms with E-state index in [9.17, 15) is 19.5 Å². The van der Waals surface area contributed by atoms with Crippen molar-refractivity contribution in [3.63, 3.8) is 0 Å². The van der Waals surface area contributed by atoms with E-state index in [1.165, 1.54) is 4.90 Å². The van der Waals surface area contributed by atoms with Crippen LogP contribution in [0.5, 0.6) is 0 Å². The van der Waals surface area contributed by atoms with Crippen molar-refractivity contribution in [2.24, 2.45) is 11.8 Å². The molecular weight excluding hydrogens is 278 g/mol. The second-order valence-corrected chi connectivity index (χ2v) is 6.35. The molecule has 0 bridgehead atoms. The number of aliphatic carboxylic acids is 2. The molecule has 2 N–H and O–H groups in total. The van der Waals surface area contributed by atoms with Crippen LogP contribution in [0.15, 0.2) is 0 Å². The quantitative estimate of drug-likeness (QED) is 0.823. The van der Waals surface area contributed by atoms with Crippen molar-refractivity contribution in [2.45, 2.75) is 45.6 Å². The number of amides is 1. The molecule has 1 aliphatic heterocycles. The highest BCUT2D eigenvalue weighted by molar-refractivity contribution is 5.73. The number of hydrogen-bond acceptors (Lipinski definition) is 4. The molecule has 0 aromatic carbocycles. The van der Waals surface area contributed by atoms with E-state index in [0.29, 0.717) is 13.0 Å². The standard InChI is InChI=1S/C14H23NO6/c1-14(2,3)21-13(20)15-6-4-9(8-11(16)17)10(5-7-15)12(18)19/h9-10H,4-8H2,1-3H3,(H,16,17)(H,18,19)/t9-,10+/m0/s1. The van der Waals surface area contributed by atoms with Crippen LogP contribution >= 0.6 is 0 Å². The maximum atomic E-state index is 12.0. The van der Waals surface area contributed by atoms with E-state index in [0.717, 1.165) is 0 Å². The summed E-state index contributed by atoms with van der Waals surface area (Å²) >= 11 is 0. The zero-order valence-electron chi connectivity index (χ0n) is 12.7. The maximum absolute atomic E-state index is 12.0. The number of nitrogens with zero attached hydrogens (tertiary/aromatic N) is 1. The van der Waals surface area contributed by atoms with Gasteiger partial charge in [-0.25, -0.2) is 4.79 Å². The molecule has 0 aromatic heterocycles. The molecule has 7 heteroatoms. The summed E-state index contributed by atoms with van der Waals surface area (Å²) in [6, 6.07) is 0. The van der Waals surface area contributed by atoms with Crippen molar-refractivity contribution in [2.75, 3.05) is 13.1 Å². The molecule has 120 valence electrons. The van der Waals surface area contributed by atoms with Gasteiger partial charge in [-0.1, -0.05) is 0 Å². The Morgan fingerprint density at radius 2 is 1.71 bits per heavy atom. The third-order valence-electron chi connectivity index (χ3n) is 3.45. The Kier molecular flexibility index (Phi) is 5.57. The number of rotatable bonds is 3. The van der Waals surface area contributed by atoms with Gasteiger partial charge in [-0.3, -0.25) is 9.59 Å². The predicted molar refractivity (Wildman–Crippen MR) is 73.9 cm³/mol. The first-order valence-corrected chi connectivity index (χ1v) is 7.02. The van der Waals surface area contributed by atoms with Crippen molar-refractivity contribution in [1.29, 1.82) is 0 Å². The smallest absolute Gasteiger partial charge is 0.410 e. The first-order chi connectivity index (χ1) is 9.60. The summed E-state index contributed by atoms with van der Waals surface area (Å²) in [5.41, 5.74) is -0.615. The summed E-state index contributed by atoms with van der Waals surface area (Å²) in [7, 11) is 0. The lowest BCUT2D eigenvalue weighted by atomic mass is 9.85. The molecule has 2 atom stereocenters. The van der Waals surface area contributed by atoms with Gasteiger partial charge in [0.25, 0.3) is 0 Å². The number of carboxylic acid groups (broad SMARTS) is 2. The molecule has 0 aliphatic carbocycles. The first kappa shape index (κ1) is 17.3. The number of carbonyl (C=O) groups excluding carboxylic acids is 1. The molecule has 1 heterocycles. The minimum atomic E-state index is -1.02. The van der Waals surface area contributed by atoms with Crippen LogP contribution in [0, 0.1) is 11.8 Å². The van der Waals surface area contributed by atoms with Crippen molar-refractivity contribution in [3.8, 4) is 0 Å². The van der Waals surface area contributed by atoms with Gasteiger partial charge in [-0.15, -0.1) is 0 Å². The zero-order chi connectivity index (χ0) is 16.2. The summed E-state index contributed by atoms with van der Waals surface area (Å²) < 4.78 is 5.27. The second kappa shape index (κ2) is 6.78. The van der Waals surface area contributed by atoms with Crippen LogP contribution in [0.4, 0.5) is 4.79 Å². The van der Waals surface area contributed by atoms with Gasteiger partial charge in [0.2, 0.25) is 0 Å². The molecule has 1 rings (SSSR count). The van der Waals surface area contributed by atoms with Gasteiger partial charge >= 0.3 is 18.0 Å². The minimum absolute atomic E-state index is 0.195. The molecule has 0 unspecified atom stereocenters. The van der Waals surface area contributed by atoms with Crippen LogP contribution < -0.4 is 0 Å². The molecule has 0 spiro atoms. The fraction of sp³-hybridized carbons (Fsp3) is 0.786. The molecule has 0 radical (unpaired) electrons. The van der Waals surface area contributed by atoms with Crippen molar-refractivity contribution < 1.29 is 29.3 Å². The van der Waals surface area contributed by atoms with Gasteiger partial charge in [-0.2, -0.15) is 0 Å². The Hall–Kier alpha value is -1.79. The molecule has 1 fully saturated rings. The Morgan fingerprint density at radius 1 is 1.14 bits per heavy atom. The van der Waals surface area contributed by atoms with E-state index in [1.54, 1.807) is 20.8 Å². The minimum Gasteiger partial charge on any atom is -0.481 e. The van der Waals surface area contributed by atoms with Crippen molar-refractivity contribution in [3.05, 3.63) is 0 Å². The van der Waals surface area contributed by atoms with Crippen LogP contribution in [0.1, 0.15) is 40.0 Å². The average molecular weight is 301 g/mol. The highest BCUT2D eigenvalue weighted by Crippen LogP contribution is 2.28.